The summed E-state index contributed by atoms with van der Waals surface area (Å²) in [7, 11) is -3.54. The van der Waals surface area contributed by atoms with Gasteiger partial charge in [-0.15, -0.1) is 6.58 Å². The molecule has 3 rings (SSSR count). The quantitative estimate of drug-likeness (QED) is 0.724. The first-order valence-electron chi connectivity index (χ1n) is 9.66. The molecule has 0 bridgehead atoms. The molecule has 0 spiro atoms. The van der Waals surface area contributed by atoms with Gasteiger partial charge in [0.05, 0.1) is 11.0 Å². The molecule has 1 aromatic carbocycles. The fourth-order valence-corrected chi connectivity index (χ4v) is 5.18. The van der Waals surface area contributed by atoms with E-state index in [1.165, 1.54) is 17.1 Å². The number of piperidine rings is 1. The Hall–Kier alpha value is -1.86. The largest absolute Gasteiger partial charge is 0.490 e. The molecular weight excluding hydrogens is 364 g/mol. The number of rotatable bonds is 7. The maximum atomic E-state index is 12.9. The number of sulfonamides is 1. The number of benzene rings is 1. The van der Waals surface area contributed by atoms with Crippen molar-refractivity contribution >= 4 is 15.9 Å². The highest BCUT2D eigenvalue weighted by Gasteiger charge is 2.32. The fourth-order valence-electron chi connectivity index (χ4n) is 3.71. The molecule has 1 saturated heterocycles. The smallest absolute Gasteiger partial charge is 0.243 e. The lowest BCUT2D eigenvalue weighted by Crippen LogP contribution is -2.43. The second-order valence-electron chi connectivity index (χ2n) is 7.21. The third-order valence-corrected chi connectivity index (χ3v) is 7.22. The van der Waals surface area contributed by atoms with E-state index in [2.05, 4.69) is 11.9 Å². The molecule has 0 aromatic heterocycles. The molecule has 6 nitrogen and oxygen atoms in total. The molecule has 1 N–H and O–H groups in total. The normalized spacial score (nSPS) is 19.7. The van der Waals surface area contributed by atoms with Gasteiger partial charge in [0.2, 0.25) is 15.9 Å². The van der Waals surface area contributed by atoms with E-state index in [-0.39, 0.29) is 22.8 Å². The van der Waals surface area contributed by atoms with E-state index >= 15 is 0 Å². The molecule has 27 heavy (non-hydrogen) atoms. The van der Waals surface area contributed by atoms with E-state index in [0.717, 1.165) is 18.6 Å². The average molecular weight is 393 g/mol. The molecule has 1 heterocycles. The first-order valence-corrected chi connectivity index (χ1v) is 11.1. The van der Waals surface area contributed by atoms with Crippen LogP contribution in [0.1, 0.15) is 38.5 Å². The van der Waals surface area contributed by atoms with E-state index in [4.69, 9.17) is 4.74 Å². The SMILES string of the molecule is C=CCNC(=O)C1CCN(S(=O)(=O)c2ccc(OC3CCCC3)cc2)CC1. The van der Waals surface area contributed by atoms with Crippen LogP contribution in [0.4, 0.5) is 0 Å². The lowest BCUT2D eigenvalue weighted by Gasteiger charge is -2.30. The number of nitrogens with one attached hydrogen (secondary N) is 1. The maximum absolute atomic E-state index is 12.9. The van der Waals surface area contributed by atoms with Crippen LogP contribution in [0.2, 0.25) is 0 Å². The lowest BCUT2D eigenvalue weighted by molar-refractivity contribution is -0.125. The summed E-state index contributed by atoms with van der Waals surface area (Å²) in [6.45, 7) is 4.73. The van der Waals surface area contributed by atoms with Crippen LogP contribution in [0.3, 0.4) is 0 Å². The van der Waals surface area contributed by atoms with Gasteiger partial charge in [0.1, 0.15) is 5.75 Å². The zero-order chi connectivity index (χ0) is 19.3. The van der Waals surface area contributed by atoms with Crippen LogP contribution >= 0.6 is 0 Å². The third kappa shape index (κ3) is 4.90. The van der Waals surface area contributed by atoms with Gasteiger partial charge in [-0.2, -0.15) is 4.31 Å². The predicted octanol–water partition coefficient (Wildman–Crippen LogP) is 2.71. The van der Waals surface area contributed by atoms with Crippen molar-refractivity contribution in [1.82, 2.24) is 9.62 Å². The summed E-state index contributed by atoms with van der Waals surface area (Å²) in [5, 5.41) is 2.78. The van der Waals surface area contributed by atoms with Crippen LogP contribution in [0.25, 0.3) is 0 Å². The van der Waals surface area contributed by atoms with Gasteiger partial charge < -0.3 is 10.1 Å². The number of ether oxygens (including phenoxy) is 1. The number of nitrogens with zero attached hydrogens (tertiary/aromatic N) is 1. The van der Waals surface area contributed by atoms with Crippen LogP contribution in [-0.4, -0.2) is 44.4 Å². The van der Waals surface area contributed by atoms with Crippen molar-refractivity contribution in [3.63, 3.8) is 0 Å². The topological polar surface area (TPSA) is 75.7 Å². The van der Waals surface area contributed by atoms with Gasteiger partial charge in [-0.1, -0.05) is 6.08 Å². The standard InChI is InChI=1S/C20H28N2O4S/c1-2-13-21-20(23)16-11-14-22(15-12-16)27(24,25)19-9-7-18(8-10-19)26-17-5-3-4-6-17/h2,7-10,16-17H,1,3-6,11-15H2,(H,21,23). The van der Waals surface area contributed by atoms with Crippen molar-refractivity contribution in [2.45, 2.75) is 49.5 Å². The van der Waals surface area contributed by atoms with Gasteiger partial charge >= 0.3 is 0 Å². The molecule has 2 aliphatic rings. The molecule has 1 aromatic rings. The van der Waals surface area contributed by atoms with Gasteiger partial charge in [0.15, 0.2) is 0 Å². The van der Waals surface area contributed by atoms with Gasteiger partial charge in [-0.05, 0) is 62.8 Å². The summed E-state index contributed by atoms with van der Waals surface area (Å²) >= 11 is 0. The Labute approximate surface area is 161 Å². The summed E-state index contributed by atoms with van der Waals surface area (Å²) in [5.74, 6) is 0.553. The van der Waals surface area contributed by atoms with E-state index in [9.17, 15) is 13.2 Å². The number of hydrogen-bond acceptors (Lipinski definition) is 4. The Morgan fingerprint density at radius 1 is 1.15 bits per heavy atom. The average Bonchev–Trinajstić information content (AvgIpc) is 3.19. The minimum Gasteiger partial charge on any atom is -0.490 e. The molecule has 148 valence electrons. The third-order valence-electron chi connectivity index (χ3n) is 5.31. The second-order valence-corrected chi connectivity index (χ2v) is 9.15. The molecule has 1 aliphatic carbocycles. The van der Waals surface area contributed by atoms with Gasteiger partial charge in [0, 0.05) is 25.6 Å². The minimum atomic E-state index is -3.54. The van der Waals surface area contributed by atoms with Crippen molar-refractivity contribution in [2.75, 3.05) is 19.6 Å². The van der Waals surface area contributed by atoms with Crippen LogP contribution in [-0.2, 0) is 14.8 Å². The van der Waals surface area contributed by atoms with Gasteiger partial charge in [0.25, 0.3) is 0 Å². The summed E-state index contributed by atoms with van der Waals surface area (Å²) in [4.78, 5) is 12.3. The van der Waals surface area contributed by atoms with Crippen molar-refractivity contribution in [2.24, 2.45) is 5.92 Å². The molecule has 7 heteroatoms. The molecule has 2 fully saturated rings. The highest BCUT2D eigenvalue weighted by Crippen LogP contribution is 2.27. The fraction of sp³-hybridized carbons (Fsp3) is 0.550. The summed E-state index contributed by atoms with van der Waals surface area (Å²) in [6.07, 6.45) is 7.47. The molecule has 0 radical (unpaired) electrons. The number of carbonyl (C=O) groups is 1. The van der Waals surface area contributed by atoms with Gasteiger partial charge in [-0.3, -0.25) is 4.79 Å². The van der Waals surface area contributed by atoms with E-state index in [0.29, 0.717) is 32.5 Å². The lowest BCUT2D eigenvalue weighted by atomic mass is 9.97. The van der Waals surface area contributed by atoms with E-state index in [1.54, 1.807) is 30.3 Å². The van der Waals surface area contributed by atoms with Crippen molar-refractivity contribution in [3.05, 3.63) is 36.9 Å². The molecule has 1 aliphatic heterocycles. The van der Waals surface area contributed by atoms with Crippen LogP contribution < -0.4 is 10.1 Å². The van der Waals surface area contributed by atoms with E-state index in [1.807, 2.05) is 0 Å². The van der Waals surface area contributed by atoms with Crippen LogP contribution in [0, 0.1) is 5.92 Å². The summed E-state index contributed by atoms with van der Waals surface area (Å²) in [6, 6.07) is 6.70. The van der Waals surface area contributed by atoms with Crippen LogP contribution in [0.5, 0.6) is 5.75 Å². The Morgan fingerprint density at radius 3 is 2.37 bits per heavy atom. The Balaban J connectivity index is 1.58. The summed E-state index contributed by atoms with van der Waals surface area (Å²) in [5.41, 5.74) is 0. The Kier molecular flexibility index (Phi) is 6.55. The molecule has 1 amide bonds. The Morgan fingerprint density at radius 2 is 1.78 bits per heavy atom. The van der Waals surface area contributed by atoms with E-state index < -0.39 is 10.0 Å². The summed E-state index contributed by atoms with van der Waals surface area (Å²) < 4.78 is 33.1. The van der Waals surface area contributed by atoms with Crippen molar-refractivity contribution in [3.8, 4) is 5.75 Å². The first-order chi connectivity index (χ1) is 13.0. The maximum Gasteiger partial charge on any atom is 0.243 e. The predicted molar refractivity (Wildman–Crippen MR) is 104 cm³/mol. The molecule has 1 saturated carbocycles. The number of amides is 1. The number of hydrogen-bond donors (Lipinski definition) is 1. The molecule has 0 atom stereocenters. The van der Waals surface area contributed by atoms with Crippen molar-refractivity contribution < 1.29 is 17.9 Å². The molecular formula is C20H28N2O4S. The minimum absolute atomic E-state index is 0.0274. The Bertz CT molecular complexity index is 747. The highest BCUT2D eigenvalue weighted by atomic mass is 32.2. The second kappa shape index (κ2) is 8.89. The highest BCUT2D eigenvalue weighted by molar-refractivity contribution is 7.89. The monoisotopic (exact) mass is 392 g/mol. The zero-order valence-corrected chi connectivity index (χ0v) is 16.4. The number of carbonyl (C=O) groups excluding carboxylic acids is 1. The zero-order valence-electron chi connectivity index (χ0n) is 15.6. The first kappa shape index (κ1) is 19.9. The van der Waals surface area contributed by atoms with Gasteiger partial charge in [-0.25, -0.2) is 8.42 Å². The molecule has 0 unspecified atom stereocenters. The van der Waals surface area contributed by atoms with Crippen molar-refractivity contribution in [1.29, 1.82) is 0 Å². The van der Waals surface area contributed by atoms with Crippen LogP contribution in [0.15, 0.2) is 41.8 Å².